The van der Waals surface area contributed by atoms with Crippen LogP contribution in [0.3, 0.4) is 0 Å². The molecule has 1 saturated carbocycles. The van der Waals surface area contributed by atoms with Crippen LogP contribution in [0.25, 0.3) is 21.9 Å². The summed E-state index contributed by atoms with van der Waals surface area (Å²) < 4.78 is 38.2. The SMILES string of the molecule is Cc1cccc2cnc(Nc3cc(NC(=O)N4CCN(CC(F)(F)F)CC4)c4nc(C5CC5)[nH]c4c3)nc12. The number of nitrogens with one attached hydrogen (secondary N) is 3. The number of carbonyl (C=O) groups excluding carboxylic acids is 1. The monoisotopic (exact) mass is 524 g/mol. The molecule has 0 unspecified atom stereocenters. The summed E-state index contributed by atoms with van der Waals surface area (Å²) in [7, 11) is 0. The van der Waals surface area contributed by atoms with Gasteiger partial charge in [-0.3, -0.25) is 4.90 Å². The van der Waals surface area contributed by atoms with Crippen molar-refractivity contribution in [3.63, 3.8) is 0 Å². The molecule has 2 aromatic carbocycles. The largest absolute Gasteiger partial charge is 0.401 e. The van der Waals surface area contributed by atoms with Gasteiger partial charge in [0.15, 0.2) is 0 Å². The van der Waals surface area contributed by atoms with E-state index in [1.54, 1.807) is 12.3 Å². The van der Waals surface area contributed by atoms with Crippen LogP contribution in [0.1, 0.15) is 30.1 Å². The fourth-order valence-electron chi connectivity index (χ4n) is 4.80. The Labute approximate surface area is 216 Å². The second kappa shape index (κ2) is 9.43. The molecule has 2 aliphatic rings. The van der Waals surface area contributed by atoms with Gasteiger partial charge >= 0.3 is 12.2 Å². The molecule has 0 atom stereocenters. The highest BCUT2D eigenvalue weighted by Gasteiger charge is 2.33. The van der Waals surface area contributed by atoms with E-state index in [0.717, 1.165) is 40.6 Å². The summed E-state index contributed by atoms with van der Waals surface area (Å²) in [6, 6.07) is 9.23. The van der Waals surface area contributed by atoms with Crippen molar-refractivity contribution in [3.05, 3.63) is 47.9 Å². The average molecular weight is 525 g/mol. The van der Waals surface area contributed by atoms with Crippen LogP contribution in [0, 0.1) is 6.92 Å². The standard InChI is InChI=1S/C26H27F3N8O/c1-15-3-2-4-17-13-30-24(35-21(15)17)31-18-11-19-22(34-23(32-19)16-5-6-16)20(12-18)33-25(38)37-9-7-36(8-10-37)14-26(27,28)29/h2-4,11-13,16H,5-10,14H2,1H3,(H,32,34)(H,33,38)(H,30,31,35). The lowest BCUT2D eigenvalue weighted by Gasteiger charge is -2.34. The molecule has 0 spiro atoms. The van der Waals surface area contributed by atoms with Gasteiger partial charge in [-0.25, -0.2) is 19.7 Å². The van der Waals surface area contributed by atoms with Gasteiger partial charge in [0.25, 0.3) is 0 Å². The van der Waals surface area contributed by atoms with Gasteiger partial charge in [0.05, 0.1) is 23.3 Å². The number of H-pyrrole nitrogens is 1. The van der Waals surface area contributed by atoms with Crippen molar-refractivity contribution >= 4 is 45.3 Å². The number of alkyl halides is 3. The predicted octanol–water partition coefficient (Wildman–Crippen LogP) is 5.15. The summed E-state index contributed by atoms with van der Waals surface area (Å²) in [5.41, 5.74) is 4.46. The molecule has 2 fully saturated rings. The van der Waals surface area contributed by atoms with E-state index < -0.39 is 12.7 Å². The normalized spacial score (nSPS) is 16.8. The second-order valence-electron chi connectivity index (χ2n) is 9.96. The summed E-state index contributed by atoms with van der Waals surface area (Å²) in [6.45, 7) is 1.77. The number of hydrogen-bond donors (Lipinski definition) is 3. The van der Waals surface area contributed by atoms with Gasteiger partial charge in [-0.1, -0.05) is 18.2 Å². The summed E-state index contributed by atoms with van der Waals surface area (Å²) in [4.78, 5) is 33.2. The highest BCUT2D eigenvalue weighted by molar-refractivity contribution is 6.01. The zero-order valence-corrected chi connectivity index (χ0v) is 20.8. The van der Waals surface area contributed by atoms with Crippen LogP contribution in [-0.4, -0.2) is 74.7 Å². The van der Waals surface area contributed by atoms with E-state index in [9.17, 15) is 18.0 Å². The number of benzene rings is 2. The molecule has 1 aliphatic carbocycles. The van der Waals surface area contributed by atoms with E-state index in [0.29, 0.717) is 28.8 Å². The molecule has 0 bridgehead atoms. The molecule has 0 radical (unpaired) electrons. The maximum absolute atomic E-state index is 13.1. The number of carbonyl (C=O) groups is 1. The van der Waals surface area contributed by atoms with Crippen LogP contribution in [-0.2, 0) is 0 Å². The van der Waals surface area contributed by atoms with Gasteiger partial charge in [-0.15, -0.1) is 0 Å². The molecule has 38 heavy (non-hydrogen) atoms. The minimum absolute atomic E-state index is 0.164. The third-order valence-corrected chi connectivity index (χ3v) is 6.94. The number of rotatable bonds is 5. The average Bonchev–Trinajstić information content (AvgIpc) is 3.63. The molecule has 2 aromatic heterocycles. The predicted molar refractivity (Wildman–Crippen MR) is 139 cm³/mol. The Balaban J connectivity index is 1.25. The lowest BCUT2D eigenvalue weighted by Crippen LogP contribution is -2.51. The van der Waals surface area contributed by atoms with Crippen LogP contribution < -0.4 is 10.6 Å². The molecule has 1 aliphatic heterocycles. The number of aryl methyl sites for hydroxylation is 1. The molecule has 198 valence electrons. The first kappa shape index (κ1) is 24.4. The van der Waals surface area contributed by atoms with Crippen LogP contribution in [0.2, 0.25) is 0 Å². The van der Waals surface area contributed by atoms with E-state index in [2.05, 4.69) is 25.6 Å². The summed E-state index contributed by atoms with van der Waals surface area (Å²) in [5, 5.41) is 7.12. The first-order valence-corrected chi connectivity index (χ1v) is 12.6. The number of amides is 2. The minimum Gasteiger partial charge on any atom is -0.342 e. The van der Waals surface area contributed by atoms with Crippen molar-refractivity contribution in [2.24, 2.45) is 0 Å². The van der Waals surface area contributed by atoms with Gasteiger partial charge in [-0.05, 0) is 37.5 Å². The molecule has 1 saturated heterocycles. The minimum atomic E-state index is -4.25. The Morgan fingerprint density at radius 3 is 2.63 bits per heavy atom. The summed E-state index contributed by atoms with van der Waals surface area (Å²) in [6.07, 6.45) is -0.354. The molecular formula is C26H27F3N8O. The number of imidazole rings is 1. The van der Waals surface area contributed by atoms with Gasteiger partial charge < -0.3 is 20.5 Å². The Kier molecular flexibility index (Phi) is 6.05. The van der Waals surface area contributed by atoms with Crippen molar-refractivity contribution in [2.75, 3.05) is 43.4 Å². The number of hydrogen-bond acceptors (Lipinski definition) is 6. The van der Waals surface area contributed by atoms with Crippen molar-refractivity contribution in [1.82, 2.24) is 29.7 Å². The van der Waals surface area contributed by atoms with E-state index in [-0.39, 0.29) is 32.2 Å². The fraction of sp³-hybridized carbons (Fsp3) is 0.385. The van der Waals surface area contributed by atoms with Crippen molar-refractivity contribution < 1.29 is 18.0 Å². The van der Waals surface area contributed by atoms with E-state index in [4.69, 9.17) is 4.98 Å². The Hall–Kier alpha value is -3.93. The third kappa shape index (κ3) is 5.21. The van der Waals surface area contributed by atoms with E-state index in [1.807, 2.05) is 31.2 Å². The first-order valence-electron chi connectivity index (χ1n) is 12.6. The Bertz CT molecular complexity index is 1510. The maximum Gasteiger partial charge on any atom is 0.401 e. The molecule has 3 N–H and O–H groups in total. The van der Waals surface area contributed by atoms with Crippen LogP contribution in [0.4, 0.5) is 35.3 Å². The number of halogens is 3. The molecule has 2 amide bonds. The van der Waals surface area contributed by atoms with E-state index >= 15 is 0 Å². The van der Waals surface area contributed by atoms with Crippen molar-refractivity contribution in [2.45, 2.75) is 31.9 Å². The second-order valence-corrected chi connectivity index (χ2v) is 9.96. The van der Waals surface area contributed by atoms with Gasteiger partial charge in [-0.2, -0.15) is 13.2 Å². The highest BCUT2D eigenvalue weighted by atomic mass is 19.4. The number of nitrogens with zero attached hydrogens (tertiary/aromatic N) is 5. The number of fused-ring (bicyclic) bond motifs is 2. The summed E-state index contributed by atoms with van der Waals surface area (Å²) >= 11 is 0. The lowest BCUT2D eigenvalue weighted by atomic mass is 10.1. The van der Waals surface area contributed by atoms with Crippen LogP contribution >= 0.6 is 0 Å². The maximum atomic E-state index is 13.1. The summed E-state index contributed by atoms with van der Waals surface area (Å²) in [5.74, 6) is 1.69. The number of aromatic nitrogens is 4. The Morgan fingerprint density at radius 2 is 1.89 bits per heavy atom. The van der Waals surface area contributed by atoms with Crippen molar-refractivity contribution in [3.8, 4) is 0 Å². The quantitative estimate of drug-likeness (QED) is 0.334. The van der Waals surface area contributed by atoms with Gasteiger partial charge in [0.2, 0.25) is 5.95 Å². The number of urea groups is 1. The topological polar surface area (TPSA) is 102 Å². The third-order valence-electron chi connectivity index (χ3n) is 6.94. The number of piperazine rings is 1. The number of aromatic amines is 1. The van der Waals surface area contributed by atoms with Crippen LogP contribution in [0.15, 0.2) is 36.5 Å². The van der Waals surface area contributed by atoms with Gasteiger partial charge in [0, 0.05) is 49.4 Å². The fourth-order valence-corrected chi connectivity index (χ4v) is 4.80. The van der Waals surface area contributed by atoms with Crippen molar-refractivity contribution in [1.29, 1.82) is 0 Å². The highest BCUT2D eigenvalue weighted by Crippen LogP contribution is 2.40. The molecule has 3 heterocycles. The molecule has 4 aromatic rings. The zero-order chi connectivity index (χ0) is 26.4. The molecular weight excluding hydrogens is 497 g/mol. The smallest absolute Gasteiger partial charge is 0.342 e. The zero-order valence-electron chi connectivity index (χ0n) is 20.8. The Morgan fingerprint density at radius 1 is 1.11 bits per heavy atom. The number of para-hydroxylation sites is 1. The first-order chi connectivity index (χ1) is 18.2. The lowest BCUT2D eigenvalue weighted by molar-refractivity contribution is -0.148. The molecule has 12 heteroatoms. The van der Waals surface area contributed by atoms with Crippen LogP contribution in [0.5, 0.6) is 0 Å². The number of anilines is 3. The van der Waals surface area contributed by atoms with E-state index in [1.165, 1.54) is 9.80 Å². The van der Waals surface area contributed by atoms with Gasteiger partial charge in [0.1, 0.15) is 11.3 Å². The molecule has 6 rings (SSSR count). The molecule has 9 nitrogen and oxygen atoms in total.